The van der Waals surface area contributed by atoms with Crippen LogP contribution in [0.15, 0.2) is 24.3 Å². The van der Waals surface area contributed by atoms with Crippen LogP contribution in [0, 0.1) is 5.92 Å². The maximum Gasteiger partial charge on any atom is 0.119 e. The lowest BCUT2D eigenvalue weighted by molar-refractivity contribution is 0.0497. The zero-order valence-electron chi connectivity index (χ0n) is 10.2. The predicted molar refractivity (Wildman–Crippen MR) is 68.2 cm³/mol. The van der Waals surface area contributed by atoms with Crippen LogP contribution in [-0.2, 0) is 11.2 Å². The summed E-state index contributed by atoms with van der Waals surface area (Å²) in [6, 6.07) is 8.24. The maximum absolute atomic E-state index is 5.79. The second-order valence-corrected chi connectivity index (χ2v) is 4.55. The van der Waals surface area contributed by atoms with Gasteiger partial charge < -0.3 is 15.2 Å². The quantitative estimate of drug-likeness (QED) is 0.849. The third-order valence-electron chi connectivity index (χ3n) is 3.18. The Labute approximate surface area is 103 Å². The first-order valence-corrected chi connectivity index (χ1v) is 6.38. The Hall–Kier alpha value is -1.06. The Morgan fingerprint density at radius 3 is 2.53 bits per heavy atom. The molecule has 1 aliphatic rings. The number of hydrogen-bond acceptors (Lipinski definition) is 3. The van der Waals surface area contributed by atoms with Crippen molar-refractivity contribution in [2.24, 2.45) is 11.7 Å². The van der Waals surface area contributed by atoms with Crippen LogP contribution < -0.4 is 10.5 Å². The normalized spacial score (nSPS) is 17.0. The minimum absolute atomic E-state index is 0.646. The largest absolute Gasteiger partial charge is 0.493 e. The molecule has 0 radical (unpaired) electrons. The minimum atomic E-state index is 0.646. The van der Waals surface area contributed by atoms with Gasteiger partial charge in [-0.3, -0.25) is 0 Å². The molecule has 1 saturated heterocycles. The molecule has 94 valence electrons. The van der Waals surface area contributed by atoms with Crippen molar-refractivity contribution in [1.29, 1.82) is 0 Å². The van der Waals surface area contributed by atoms with Gasteiger partial charge in [0.1, 0.15) is 5.75 Å². The van der Waals surface area contributed by atoms with Crippen LogP contribution in [0.25, 0.3) is 0 Å². The van der Waals surface area contributed by atoms with Gasteiger partial charge in [0, 0.05) is 13.2 Å². The third-order valence-corrected chi connectivity index (χ3v) is 3.18. The fraction of sp³-hybridized carbons (Fsp3) is 0.571. The molecule has 1 aromatic carbocycles. The van der Waals surface area contributed by atoms with Crippen LogP contribution in [0.4, 0.5) is 0 Å². The van der Waals surface area contributed by atoms with Crippen LogP contribution in [0.3, 0.4) is 0 Å². The van der Waals surface area contributed by atoms with E-state index in [9.17, 15) is 0 Å². The van der Waals surface area contributed by atoms with Gasteiger partial charge in [0.15, 0.2) is 0 Å². The van der Waals surface area contributed by atoms with Crippen molar-refractivity contribution in [3.8, 4) is 5.75 Å². The molecule has 1 aliphatic heterocycles. The van der Waals surface area contributed by atoms with Gasteiger partial charge in [0.25, 0.3) is 0 Å². The highest BCUT2D eigenvalue weighted by Crippen LogP contribution is 2.18. The first-order valence-electron chi connectivity index (χ1n) is 6.38. The fourth-order valence-electron chi connectivity index (χ4n) is 2.05. The van der Waals surface area contributed by atoms with E-state index in [2.05, 4.69) is 12.1 Å². The van der Waals surface area contributed by atoms with E-state index in [0.717, 1.165) is 44.8 Å². The lowest BCUT2D eigenvalue weighted by Gasteiger charge is -2.22. The molecule has 0 atom stereocenters. The van der Waals surface area contributed by atoms with Gasteiger partial charge in [0.2, 0.25) is 0 Å². The van der Waals surface area contributed by atoms with E-state index >= 15 is 0 Å². The third kappa shape index (κ3) is 4.02. The highest BCUT2D eigenvalue weighted by molar-refractivity contribution is 5.27. The highest BCUT2D eigenvalue weighted by atomic mass is 16.5. The van der Waals surface area contributed by atoms with E-state index in [1.165, 1.54) is 5.56 Å². The summed E-state index contributed by atoms with van der Waals surface area (Å²) in [5.41, 5.74) is 6.78. The van der Waals surface area contributed by atoms with Gasteiger partial charge in [-0.05, 0) is 49.4 Å². The molecule has 0 aromatic heterocycles. The van der Waals surface area contributed by atoms with Gasteiger partial charge in [-0.25, -0.2) is 0 Å². The van der Waals surface area contributed by atoms with E-state index < -0.39 is 0 Å². The summed E-state index contributed by atoms with van der Waals surface area (Å²) in [6.45, 7) is 3.26. The Morgan fingerprint density at radius 2 is 1.88 bits per heavy atom. The molecule has 0 bridgehead atoms. The molecule has 1 fully saturated rings. The maximum atomic E-state index is 5.79. The molecular formula is C14H21NO2. The van der Waals surface area contributed by atoms with Crippen molar-refractivity contribution in [2.75, 3.05) is 26.4 Å². The van der Waals surface area contributed by atoms with Gasteiger partial charge in [0.05, 0.1) is 6.61 Å². The Kier molecular flexibility index (Phi) is 4.83. The molecule has 0 aliphatic carbocycles. The number of rotatable bonds is 5. The fourth-order valence-corrected chi connectivity index (χ4v) is 2.05. The lowest BCUT2D eigenvalue weighted by atomic mass is 10.0. The lowest BCUT2D eigenvalue weighted by Crippen LogP contribution is -2.21. The zero-order chi connectivity index (χ0) is 11.9. The van der Waals surface area contributed by atoms with Crippen LogP contribution in [0.1, 0.15) is 18.4 Å². The van der Waals surface area contributed by atoms with E-state index in [-0.39, 0.29) is 0 Å². The van der Waals surface area contributed by atoms with Gasteiger partial charge >= 0.3 is 0 Å². The van der Waals surface area contributed by atoms with Crippen molar-refractivity contribution in [3.63, 3.8) is 0 Å². The summed E-state index contributed by atoms with van der Waals surface area (Å²) < 4.78 is 11.1. The number of nitrogens with two attached hydrogens (primary N) is 1. The van der Waals surface area contributed by atoms with Crippen molar-refractivity contribution in [3.05, 3.63) is 29.8 Å². The highest BCUT2D eigenvalue weighted by Gasteiger charge is 2.14. The molecule has 0 unspecified atom stereocenters. The van der Waals surface area contributed by atoms with Crippen molar-refractivity contribution in [1.82, 2.24) is 0 Å². The molecule has 1 heterocycles. The average Bonchev–Trinajstić information content (AvgIpc) is 2.40. The molecule has 2 N–H and O–H groups in total. The van der Waals surface area contributed by atoms with E-state index in [1.54, 1.807) is 0 Å². The van der Waals surface area contributed by atoms with E-state index in [1.807, 2.05) is 12.1 Å². The van der Waals surface area contributed by atoms with Crippen LogP contribution in [0.5, 0.6) is 5.75 Å². The molecule has 3 heteroatoms. The molecule has 0 saturated carbocycles. The van der Waals surface area contributed by atoms with E-state index in [4.69, 9.17) is 15.2 Å². The first kappa shape index (κ1) is 12.4. The SMILES string of the molecule is NCCc1ccc(OCC2CCOCC2)cc1. The molecule has 0 amide bonds. The van der Waals surface area contributed by atoms with Crippen LogP contribution >= 0.6 is 0 Å². The first-order chi connectivity index (χ1) is 8.38. The molecule has 2 rings (SSSR count). The molecular weight excluding hydrogens is 214 g/mol. The molecule has 17 heavy (non-hydrogen) atoms. The Morgan fingerprint density at radius 1 is 1.18 bits per heavy atom. The predicted octanol–water partition coefficient (Wildman–Crippen LogP) is 1.99. The molecule has 3 nitrogen and oxygen atoms in total. The second kappa shape index (κ2) is 6.62. The summed E-state index contributed by atoms with van der Waals surface area (Å²) in [5.74, 6) is 1.60. The monoisotopic (exact) mass is 235 g/mol. The van der Waals surface area contributed by atoms with Gasteiger partial charge in [-0.15, -0.1) is 0 Å². The summed E-state index contributed by atoms with van der Waals surface area (Å²) in [7, 11) is 0. The standard InChI is InChI=1S/C14H21NO2/c15-8-5-12-1-3-14(4-2-12)17-11-13-6-9-16-10-7-13/h1-4,13H,5-11,15H2. The summed E-state index contributed by atoms with van der Waals surface area (Å²) >= 11 is 0. The Balaban J connectivity index is 1.77. The van der Waals surface area contributed by atoms with Crippen LogP contribution in [-0.4, -0.2) is 26.4 Å². The average molecular weight is 235 g/mol. The van der Waals surface area contributed by atoms with Gasteiger partial charge in [-0.1, -0.05) is 12.1 Å². The summed E-state index contributed by atoms with van der Waals surface area (Å²) in [5, 5.41) is 0. The van der Waals surface area contributed by atoms with Gasteiger partial charge in [-0.2, -0.15) is 0 Å². The minimum Gasteiger partial charge on any atom is -0.493 e. The van der Waals surface area contributed by atoms with Crippen LogP contribution in [0.2, 0.25) is 0 Å². The number of hydrogen-bond donors (Lipinski definition) is 1. The zero-order valence-corrected chi connectivity index (χ0v) is 10.2. The van der Waals surface area contributed by atoms with Crippen molar-refractivity contribution < 1.29 is 9.47 Å². The molecule has 1 aromatic rings. The topological polar surface area (TPSA) is 44.5 Å². The number of ether oxygens (including phenoxy) is 2. The second-order valence-electron chi connectivity index (χ2n) is 4.55. The summed E-state index contributed by atoms with van der Waals surface area (Å²) in [6.07, 6.45) is 3.16. The smallest absolute Gasteiger partial charge is 0.119 e. The molecule has 0 spiro atoms. The number of benzene rings is 1. The van der Waals surface area contributed by atoms with Crippen molar-refractivity contribution >= 4 is 0 Å². The van der Waals surface area contributed by atoms with E-state index in [0.29, 0.717) is 12.5 Å². The van der Waals surface area contributed by atoms with Crippen molar-refractivity contribution in [2.45, 2.75) is 19.3 Å². The summed E-state index contributed by atoms with van der Waals surface area (Å²) in [4.78, 5) is 0. The Bertz CT molecular complexity index is 317.